The van der Waals surface area contributed by atoms with Crippen molar-refractivity contribution in [2.75, 3.05) is 13.2 Å². The lowest BCUT2D eigenvalue weighted by Crippen LogP contribution is -2.30. The first-order valence-electron chi connectivity index (χ1n) is 19.2. The van der Waals surface area contributed by atoms with Crippen LogP contribution in [0.15, 0.2) is 85.1 Å². The van der Waals surface area contributed by atoms with Gasteiger partial charge in [0.05, 0.1) is 0 Å². The van der Waals surface area contributed by atoms with Gasteiger partial charge < -0.3 is 14.2 Å². The third kappa shape index (κ3) is 35.7. The van der Waals surface area contributed by atoms with Crippen LogP contribution in [0.3, 0.4) is 0 Å². The zero-order valence-corrected chi connectivity index (χ0v) is 31.2. The van der Waals surface area contributed by atoms with Crippen LogP contribution >= 0.6 is 0 Å². The van der Waals surface area contributed by atoms with Gasteiger partial charge in [-0.2, -0.15) is 0 Å². The lowest BCUT2D eigenvalue weighted by molar-refractivity contribution is -0.166. The third-order valence-corrected chi connectivity index (χ3v) is 7.48. The average molecular weight is 681 g/mol. The fourth-order valence-corrected chi connectivity index (χ4v) is 4.59. The zero-order chi connectivity index (χ0) is 35.9. The molecule has 0 fully saturated rings. The van der Waals surface area contributed by atoms with Crippen LogP contribution in [0.5, 0.6) is 0 Å². The lowest BCUT2D eigenvalue weighted by Gasteiger charge is -2.18. The normalized spacial score (nSPS) is 13.0. The van der Waals surface area contributed by atoms with Crippen molar-refractivity contribution in [3.63, 3.8) is 0 Å². The highest BCUT2D eigenvalue weighted by atomic mass is 16.6. The van der Waals surface area contributed by atoms with Crippen molar-refractivity contribution in [2.24, 2.45) is 0 Å². The number of ether oxygens (including phenoxy) is 3. The number of hydrogen-bond donors (Lipinski definition) is 0. The molecular weight excluding hydrogens is 612 g/mol. The third-order valence-electron chi connectivity index (χ3n) is 7.48. The second kappa shape index (κ2) is 37.4. The number of unbranched alkanes of at least 4 members (excludes halogenated alkanes) is 11. The van der Waals surface area contributed by atoms with Gasteiger partial charge in [0.2, 0.25) is 0 Å². The summed E-state index contributed by atoms with van der Waals surface area (Å²) in [5, 5.41) is 0. The topological polar surface area (TPSA) is 78.9 Å². The van der Waals surface area contributed by atoms with E-state index in [4.69, 9.17) is 14.2 Å². The average Bonchev–Trinajstić information content (AvgIpc) is 3.10. The van der Waals surface area contributed by atoms with Gasteiger partial charge in [-0.15, -0.1) is 0 Å². The Labute approximate surface area is 299 Å². The van der Waals surface area contributed by atoms with Gasteiger partial charge >= 0.3 is 17.9 Å². The molecule has 0 aromatic heterocycles. The van der Waals surface area contributed by atoms with Crippen molar-refractivity contribution in [2.45, 2.75) is 155 Å². The standard InChI is InChI=1S/C43H68O6/c1-4-7-10-13-16-19-20-21-22-25-27-30-33-36-42(45)48-39-40(49-43(46)37-34-31-28-24-18-15-12-9-6-3)38-47-41(44)35-32-29-26-23-17-14-11-8-5-2/h7,10,13,16,19-28,40H,4-6,8-9,11-12,14-15,17-18,29-39H2,1-3H3/b10-7-,16-13-,20-19-,22-21-,26-23-,27-25-,28-24-. The number of rotatable bonds is 32. The summed E-state index contributed by atoms with van der Waals surface area (Å²) in [4.78, 5) is 37.3. The molecule has 0 aliphatic rings. The molecule has 49 heavy (non-hydrogen) atoms. The highest BCUT2D eigenvalue weighted by molar-refractivity contribution is 5.71. The second-order valence-corrected chi connectivity index (χ2v) is 12.2. The molecular formula is C43H68O6. The van der Waals surface area contributed by atoms with Gasteiger partial charge in [-0.3, -0.25) is 14.4 Å². The highest BCUT2D eigenvalue weighted by Crippen LogP contribution is 2.09. The number of allylic oxidation sites excluding steroid dienone is 14. The van der Waals surface area contributed by atoms with E-state index in [1.165, 1.54) is 51.4 Å². The molecule has 6 nitrogen and oxygen atoms in total. The minimum absolute atomic E-state index is 0.127. The maximum Gasteiger partial charge on any atom is 0.306 e. The summed E-state index contributed by atoms with van der Waals surface area (Å²) in [7, 11) is 0. The Hall–Kier alpha value is -3.41. The van der Waals surface area contributed by atoms with Gasteiger partial charge in [0.25, 0.3) is 0 Å². The molecule has 6 heteroatoms. The summed E-state index contributed by atoms with van der Waals surface area (Å²) >= 11 is 0. The molecule has 0 N–H and O–H groups in total. The van der Waals surface area contributed by atoms with Gasteiger partial charge in [-0.25, -0.2) is 0 Å². The Kier molecular flexibility index (Phi) is 34.8. The van der Waals surface area contributed by atoms with E-state index in [9.17, 15) is 14.4 Å². The van der Waals surface area contributed by atoms with Gasteiger partial charge in [0.15, 0.2) is 6.10 Å². The van der Waals surface area contributed by atoms with E-state index in [2.05, 4.69) is 51.2 Å². The number of carbonyl (C=O) groups excluding carboxylic acids is 3. The van der Waals surface area contributed by atoms with E-state index in [1.54, 1.807) is 0 Å². The summed E-state index contributed by atoms with van der Waals surface area (Å²) < 4.78 is 16.4. The molecule has 0 aliphatic carbocycles. The van der Waals surface area contributed by atoms with Crippen LogP contribution in [0, 0.1) is 0 Å². The van der Waals surface area contributed by atoms with Crippen molar-refractivity contribution >= 4 is 17.9 Å². The van der Waals surface area contributed by atoms with Crippen molar-refractivity contribution in [3.05, 3.63) is 85.1 Å². The largest absolute Gasteiger partial charge is 0.462 e. The van der Waals surface area contributed by atoms with E-state index < -0.39 is 6.10 Å². The van der Waals surface area contributed by atoms with Crippen LogP contribution in [-0.2, 0) is 28.6 Å². The molecule has 0 radical (unpaired) electrons. The van der Waals surface area contributed by atoms with Crippen molar-refractivity contribution in [1.82, 2.24) is 0 Å². The van der Waals surface area contributed by atoms with Crippen LogP contribution in [0.4, 0.5) is 0 Å². The minimum Gasteiger partial charge on any atom is -0.462 e. The monoisotopic (exact) mass is 681 g/mol. The van der Waals surface area contributed by atoms with E-state index in [0.717, 1.165) is 38.5 Å². The number of esters is 3. The van der Waals surface area contributed by atoms with Crippen LogP contribution < -0.4 is 0 Å². The van der Waals surface area contributed by atoms with Gasteiger partial charge in [-0.1, -0.05) is 144 Å². The Morgan fingerprint density at radius 2 is 0.816 bits per heavy atom. The second-order valence-electron chi connectivity index (χ2n) is 12.2. The van der Waals surface area contributed by atoms with Crippen LogP contribution in [0.2, 0.25) is 0 Å². The smallest absolute Gasteiger partial charge is 0.306 e. The predicted octanol–water partition coefficient (Wildman–Crippen LogP) is 11.7. The maximum absolute atomic E-state index is 12.6. The first-order chi connectivity index (χ1) is 24.0. The summed E-state index contributed by atoms with van der Waals surface area (Å²) in [5.74, 6) is -1.09. The summed E-state index contributed by atoms with van der Waals surface area (Å²) in [6.07, 6.45) is 45.9. The van der Waals surface area contributed by atoms with E-state index in [0.29, 0.717) is 19.3 Å². The van der Waals surface area contributed by atoms with E-state index in [-0.39, 0.29) is 50.4 Å². The van der Waals surface area contributed by atoms with E-state index in [1.807, 2.05) is 54.7 Å². The number of carbonyl (C=O) groups is 3. The number of hydrogen-bond acceptors (Lipinski definition) is 6. The molecule has 0 aromatic rings. The molecule has 0 aliphatic heterocycles. The van der Waals surface area contributed by atoms with Crippen LogP contribution in [0.25, 0.3) is 0 Å². The van der Waals surface area contributed by atoms with E-state index >= 15 is 0 Å². The Balaban J connectivity index is 4.59. The molecule has 0 rings (SSSR count). The Bertz CT molecular complexity index is 1010. The zero-order valence-electron chi connectivity index (χ0n) is 31.2. The lowest BCUT2D eigenvalue weighted by atomic mass is 10.1. The van der Waals surface area contributed by atoms with Crippen molar-refractivity contribution in [3.8, 4) is 0 Å². The fraction of sp³-hybridized carbons (Fsp3) is 0.605. The predicted molar refractivity (Wildman–Crippen MR) is 205 cm³/mol. The molecule has 0 bridgehead atoms. The van der Waals surface area contributed by atoms with Gasteiger partial charge in [0.1, 0.15) is 13.2 Å². The molecule has 1 atom stereocenters. The van der Waals surface area contributed by atoms with Crippen LogP contribution in [0.1, 0.15) is 149 Å². The Morgan fingerprint density at radius 1 is 0.429 bits per heavy atom. The molecule has 0 spiro atoms. The molecule has 0 aromatic carbocycles. The molecule has 1 unspecified atom stereocenters. The summed E-state index contributed by atoms with van der Waals surface area (Å²) in [6.45, 7) is 6.25. The first-order valence-corrected chi connectivity index (χ1v) is 19.2. The highest BCUT2D eigenvalue weighted by Gasteiger charge is 2.19. The van der Waals surface area contributed by atoms with Crippen LogP contribution in [-0.4, -0.2) is 37.2 Å². The Morgan fingerprint density at radius 3 is 1.27 bits per heavy atom. The summed E-state index contributed by atoms with van der Waals surface area (Å²) in [6, 6.07) is 0. The maximum atomic E-state index is 12.6. The summed E-state index contributed by atoms with van der Waals surface area (Å²) in [5.41, 5.74) is 0. The minimum atomic E-state index is -0.826. The quantitative estimate of drug-likeness (QED) is 0.0231. The van der Waals surface area contributed by atoms with Crippen molar-refractivity contribution in [1.29, 1.82) is 0 Å². The van der Waals surface area contributed by atoms with Crippen molar-refractivity contribution < 1.29 is 28.6 Å². The molecule has 0 saturated carbocycles. The molecule has 0 heterocycles. The molecule has 276 valence electrons. The van der Waals surface area contributed by atoms with Gasteiger partial charge in [-0.05, 0) is 70.6 Å². The fourth-order valence-electron chi connectivity index (χ4n) is 4.59. The SMILES string of the molecule is CC\C=C/C=C\C=C/C=C\C=C/CCCC(=O)OCC(COC(=O)CCC/C=C\CCCCCC)OC(=O)CCC/C=C\CCCCCC. The molecule has 0 amide bonds. The molecule has 0 saturated heterocycles. The first kappa shape index (κ1) is 45.6. The van der Waals surface area contributed by atoms with Gasteiger partial charge in [0, 0.05) is 19.3 Å².